The minimum absolute atomic E-state index is 0.00597. The number of carbonyl (C=O) groups excluding carboxylic acids is 1. The Labute approximate surface area is 114 Å². The molecule has 0 fully saturated rings. The first kappa shape index (κ1) is 14.2. The van der Waals surface area contributed by atoms with E-state index in [4.69, 9.17) is 0 Å². The second kappa shape index (κ2) is 5.45. The maximum Gasteiger partial charge on any atom is 0.416 e. The molecule has 0 radical (unpaired) electrons. The van der Waals surface area contributed by atoms with Crippen LogP contribution in [0, 0.1) is 6.92 Å². The summed E-state index contributed by atoms with van der Waals surface area (Å²) < 4.78 is 37.8. The molecule has 104 valence electrons. The third-order valence-electron chi connectivity index (χ3n) is 2.96. The van der Waals surface area contributed by atoms with E-state index in [2.05, 4.69) is 4.98 Å². The van der Waals surface area contributed by atoms with Crippen LogP contribution in [0.25, 0.3) is 0 Å². The highest BCUT2D eigenvalue weighted by atomic mass is 19.4. The molecule has 0 saturated heterocycles. The van der Waals surface area contributed by atoms with Gasteiger partial charge in [0.2, 0.25) is 0 Å². The molecule has 0 aliphatic rings. The third-order valence-corrected chi connectivity index (χ3v) is 2.96. The minimum atomic E-state index is -4.45. The number of hydrogen-bond donors (Lipinski definition) is 0. The van der Waals surface area contributed by atoms with Crippen LogP contribution in [0.3, 0.4) is 0 Å². The number of halogens is 3. The van der Waals surface area contributed by atoms with Crippen molar-refractivity contribution in [3.05, 3.63) is 65.0 Å². The Balaban J connectivity index is 2.24. The fraction of sp³-hybridized carbons (Fsp3) is 0.200. The van der Waals surface area contributed by atoms with Gasteiger partial charge < -0.3 is 0 Å². The zero-order valence-corrected chi connectivity index (χ0v) is 10.7. The first-order chi connectivity index (χ1) is 9.38. The van der Waals surface area contributed by atoms with E-state index in [0.717, 1.165) is 17.7 Å². The van der Waals surface area contributed by atoms with Gasteiger partial charge in [-0.3, -0.25) is 9.78 Å². The van der Waals surface area contributed by atoms with Gasteiger partial charge in [0.1, 0.15) is 0 Å². The highest BCUT2D eigenvalue weighted by Crippen LogP contribution is 2.29. The Morgan fingerprint density at radius 2 is 1.95 bits per heavy atom. The smallest absolute Gasteiger partial charge is 0.294 e. The zero-order valence-electron chi connectivity index (χ0n) is 10.7. The maximum absolute atomic E-state index is 12.6. The maximum atomic E-state index is 12.6. The summed E-state index contributed by atoms with van der Waals surface area (Å²) in [7, 11) is 0. The molecule has 20 heavy (non-hydrogen) atoms. The van der Waals surface area contributed by atoms with E-state index >= 15 is 0 Å². The number of benzene rings is 1. The lowest BCUT2D eigenvalue weighted by Gasteiger charge is -2.08. The summed E-state index contributed by atoms with van der Waals surface area (Å²) in [4.78, 5) is 16.1. The van der Waals surface area contributed by atoms with Gasteiger partial charge >= 0.3 is 6.18 Å². The van der Waals surface area contributed by atoms with Crippen LogP contribution in [0.5, 0.6) is 0 Å². The fourth-order valence-corrected chi connectivity index (χ4v) is 1.83. The molecule has 0 N–H and O–H groups in total. The van der Waals surface area contributed by atoms with E-state index in [9.17, 15) is 18.0 Å². The Morgan fingerprint density at radius 1 is 1.20 bits per heavy atom. The van der Waals surface area contributed by atoms with Crippen molar-refractivity contribution >= 4 is 5.78 Å². The summed E-state index contributed by atoms with van der Waals surface area (Å²) in [5.74, 6) is -0.377. The molecule has 1 heterocycles. The average Bonchev–Trinajstić information content (AvgIpc) is 2.40. The molecule has 2 nitrogen and oxygen atoms in total. The molecule has 5 heteroatoms. The van der Waals surface area contributed by atoms with Gasteiger partial charge in [-0.15, -0.1) is 0 Å². The SMILES string of the molecule is Cc1cccnc1CC(=O)c1cccc(C(F)(F)F)c1. The molecule has 0 atom stereocenters. The lowest BCUT2D eigenvalue weighted by molar-refractivity contribution is -0.137. The second-order valence-corrected chi connectivity index (χ2v) is 4.45. The quantitative estimate of drug-likeness (QED) is 0.799. The summed E-state index contributed by atoms with van der Waals surface area (Å²) in [6, 6.07) is 8.00. The summed E-state index contributed by atoms with van der Waals surface area (Å²) in [6.07, 6.45) is -2.90. The summed E-state index contributed by atoms with van der Waals surface area (Å²) in [5, 5.41) is 0. The summed E-state index contributed by atoms with van der Waals surface area (Å²) in [6.45, 7) is 1.81. The van der Waals surface area contributed by atoms with Crippen LogP contribution in [0.4, 0.5) is 13.2 Å². The summed E-state index contributed by atoms with van der Waals surface area (Å²) >= 11 is 0. The Bertz CT molecular complexity index is 635. The van der Waals surface area contributed by atoms with Gasteiger partial charge in [-0.25, -0.2) is 0 Å². The number of alkyl halides is 3. The topological polar surface area (TPSA) is 30.0 Å². The highest BCUT2D eigenvalue weighted by molar-refractivity contribution is 5.97. The van der Waals surface area contributed by atoms with Crippen LogP contribution in [-0.2, 0) is 12.6 Å². The molecule has 0 aliphatic heterocycles. The number of Topliss-reactive ketones (excluding diaryl/α,β-unsaturated/α-hetero) is 1. The van der Waals surface area contributed by atoms with Crippen molar-refractivity contribution in [1.82, 2.24) is 4.98 Å². The molecular weight excluding hydrogens is 267 g/mol. The average molecular weight is 279 g/mol. The molecule has 0 aliphatic carbocycles. The van der Waals surface area contributed by atoms with Gasteiger partial charge in [0.25, 0.3) is 0 Å². The second-order valence-electron chi connectivity index (χ2n) is 4.45. The van der Waals surface area contributed by atoms with Gasteiger partial charge in [0.15, 0.2) is 5.78 Å². The largest absolute Gasteiger partial charge is 0.416 e. The number of aryl methyl sites for hydroxylation is 1. The highest BCUT2D eigenvalue weighted by Gasteiger charge is 2.30. The number of ketones is 1. The molecule has 1 aromatic carbocycles. The minimum Gasteiger partial charge on any atom is -0.294 e. The fourth-order valence-electron chi connectivity index (χ4n) is 1.83. The van der Waals surface area contributed by atoms with Crippen molar-refractivity contribution in [2.45, 2.75) is 19.5 Å². The standard InChI is InChI=1S/C15H12F3NO/c1-10-4-3-7-19-13(10)9-14(20)11-5-2-6-12(8-11)15(16,17)18/h2-8H,9H2,1H3. The molecule has 1 aromatic heterocycles. The predicted molar refractivity (Wildman–Crippen MR) is 68.5 cm³/mol. The normalized spacial score (nSPS) is 11.4. The van der Waals surface area contributed by atoms with Crippen molar-refractivity contribution in [2.24, 2.45) is 0 Å². The van der Waals surface area contributed by atoms with Crippen LogP contribution in [-0.4, -0.2) is 10.8 Å². The number of hydrogen-bond acceptors (Lipinski definition) is 2. The molecule has 0 saturated carbocycles. The first-order valence-electron chi connectivity index (χ1n) is 5.99. The lowest BCUT2D eigenvalue weighted by Crippen LogP contribution is -2.10. The number of nitrogens with zero attached hydrogens (tertiary/aromatic N) is 1. The van der Waals surface area contributed by atoms with E-state index in [-0.39, 0.29) is 17.8 Å². The van der Waals surface area contributed by atoms with Crippen molar-refractivity contribution in [1.29, 1.82) is 0 Å². The van der Waals surface area contributed by atoms with E-state index in [1.807, 2.05) is 13.0 Å². The molecule has 0 unspecified atom stereocenters. The van der Waals surface area contributed by atoms with Crippen LogP contribution in [0.2, 0.25) is 0 Å². The number of rotatable bonds is 3. The summed E-state index contributed by atoms with van der Waals surface area (Å²) in [5.41, 5.74) is 0.647. The van der Waals surface area contributed by atoms with Crippen molar-refractivity contribution in [3.8, 4) is 0 Å². The van der Waals surface area contributed by atoms with Crippen molar-refractivity contribution in [2.75, 3.05) is 0 Å². The van der Waals surface area contributed by atoms with E-state index in [0.29, 0.717) is 5.69 Å². The first-order valence-corrected chi connectivity index (χ1v) is 5.99. The monoisotopic (exact) mass is 279 g/mol. The lowest BCUT2D eigenvalue weighted by atomic mass is 10.0. The van der Waals surface area contributed by atoms with E-state index in [1.54, 1.807) is 12.3 Å². The number of carbonyl (C=O) groups is 1. The third kappa shape index (κ3) is 3.23. The Morgan fingerprint density at radius 3 is 2.60 bits per heavy atom. The Kier molecular flexibility index (Phi) is 3.88. The molecule has 0 amide bonds. The van der Waals surface area contributed by atoms with Gasteiger partial charge in [0, 0.05) is 11.8 Å². The number of aromatic nitrogens is 1. The molecular formula is C15H12F3NO. The molecule has 2 rings (SSSR count). The van der Waals surface area contributed by atoms with E-state index < -0.39 is 11.7 Å². The number of pyridine rings is 1. The van der Waals surface area contributed by atoms with Gasteiger partial charge in [0.05, 0.1) is 17.7 Å². The van der Waals surface area contributed by atoms with Crippen LogP contribution in [0.15, 0.2) is 42.6 Å². The molecule has 0 bridgehead atoms. The van der Waals surface area contributed by atoms with Gasteiger partial charge in [-0.05, 0) is 30.7 Å². The molecule has 2 aromatic rings. The van der Waals surface area contributed by atoms with Gasteiger partial charge in [-0.2, -0.15) is 13.2 Å². The van der Waals surface area contributed by atoms with Crippen LogP contribution >= 0.6 is 0 Å². The predicted octanol–water partition coefficient (Wildman–Crippen LogP) is 3.83. The van der Waals surface area contributed by atoms with Crippen molar-refractivity contribution in [3.63, 3.8) is 0 Å². The van der Waals surface area contributed by atoms with Crippen molar-refractivity contribution < 1.29 is 18.0 Å². The van der Waals surface area contributed by atoms with Crippen LogP contribution < -0.4 is 0 Å². The molecule has 0 spiro atoms. The Hall–Kier alpha value is -2.17. The van der Waals surface area contributed by atoms with Crippen LogP contribution in [0.1, 0.15) is 27.2 Å². The van der Waals surface area contributed by atoms with Gasteiger partial charge in [-0.1, -0.05) is 18.2 Å². The van der Waals surface area contributed by atoms with E-state index in [1.165, 1.54) is 12.1 Å². The zero-order chi connectivity index (χ0) is 14.8.